The molecule has 0 aromatic carbocycles. The molecule has 1 aliphatic rings. The van der Waals surface area contributed by atoms with Crippen LogP contribution in [0.25, 0.3) is 0 Å². The van der Waals surface area contributed by atoms with Gasteiger partial charge in [-0.25, -0.2) is 4.98 Å². The Balaban J connectivity index is 1.86. The largest absolute Gasteiger partial charge is 0.394 e. The van der Waals surface area contributed by atoms with Crippen LogP contribution in [0.5, 0.6) is 0 Å². The molecule has 2 rings (SSSR count). The van der Waals surface area contributed by atoms with Gasteiger partial charge in [-0.15, -0.1) is 0 Å². The lowest BCUT2D eigenvalue weighted by Gasteiger charge is -2.25. The van der Waals surface area contributed by atoms with E-state index in [0.29, 0.717) is 0 Å². The second kappa shape index (κ2) is 7.04. The van der Waals surface area contributed by atoms with Gasteiger partial charge in [0.1, 0.15) is 11.7 Å². The SMILES string of the molecule is O=C(NC(CO)C(=O)NC1CCCCC1)c1cnc[nH]1. The Kier molecular flexibility index (Phi) is 5.11. The van der Waals surface area contributed by atoms with E-state index in [4.69, 9.17) is 0 Å². The monoisotopic (exact) mass is 280 g/mol. The number of hydrogen-bond donors (Lipinski definition) is 4. The maximum Gasteiger partial charge on any atom is 0.270 e. The van der Waals surface area contributed by atoms with Gasteiger partial charge < -0.3 is 20.7 Å². The maximum atomic E-state index is 12.0. The summed E-state index contributed by atoms with van der Waals surface area (Å²) in [5.41, 5.74) is 0.258. The quantitative estimate of drug-likeness (QED) is 0.606. The fraction of sp³-hybridized carbons (Fsp3) is 0.615. The highest BCUT2D eigenvalue weighted by atomic mass is 16.3. The lowest BCUT2D eigenvalue weighted by molar-refractivity contribution is -0.124. The Morgan fingerprint density at radius 1 is 1.40 bits per heavy atom. The van der Waals surface area contributed by atoms with Crippen LogP contribution in [0, 0.1) is 0 Å². The Morgan fingerprint density at radius 3 is 2.75 bits per heavy atom. The van der Waals surface area contributed by atoms with E-state index in [9.17, 15) is 14.7 Å². The average Bonchev–Trinajstić information content (AvgIpc) is 2.99. The molecule has 7 nitrogen and oxygen atoms in total. The number of carbonyl (C=O) groups is 2. The molecule has 1 fully saturated rings. The zero-order valence-corrected chi connectivity index (χ0v) is 11.3. The fourth-order valence-corrected chi connectivity index (χ4v) is 2.36. The summed E-state index contributed by atoms with van der Waals surface area (Å²) >= 11 is 0. The average molecular weight is 280 g/mol. The number of aliphatic hydroxyl groups excluding tert-OH is 1. The molecule has 1 aromatic heterocycles. The molecule has 0 spiro atoms. The highest BCUT2D eigenvalue weighted by molar-refractivity contribution is 5.96. The summed E-state index contributed by atoms with van der Waals surface area (Å²) in [4.78, 5) is 30.2. The Labute approximate surface area is 117 Å². The zero-order chi connectivity index (χ0) is 14.4. The van der Waals surface area contributed by atoms with Crippen LogP contribution >= 0.6 is 0 Å². The molecule has 1 heterocycles. The zero-order valence-electron chi connectivity index (χ0n) is 11.3. The smallest absolute Gasteiger partial charge is 0.270 e. The molecule has 0 bridgehead atoms. The summed E-state index contributed by atoms with van der Waals surface area (Å²) in [6.45, 7) is -0.432. The molecule has 1 unspecified atom stereocenters. The second-order valence-corrected chi connectivity index (χ2v) is 5.02. The summed E-state index contributed by atoms with van der Waals surface area (Å²) in [7, 11) is 0. The molecule has 0 radical (unpaired) electrons. The van der Waals surface area contributed by atoms with Crippen LogP contribution in [0.15, 0.2) is 12.5 Å². The van der Waals surface area contributed by atoms with E-state index in [0.717, 1.165) is 25.7 Å². The van der Waals surface area contributed by atoms with Crippen molar-refractivity contribution in [2.45, 2.75) is 44.2 Å². The maximum absolute atomic E-state index is 12.0. The topological polar surface area (TPSA) is 107 Å². The lowest BCUT2D eigenvalue weighted by atomic mass is 9.95. The summed E-state index contributed by atoms with van der Waals surface area (Å²) in [6, 6.07) is -0.790. The molecular weight excluding hydrogens is 260 g/mol. The highest BCUT2D eigenvalue weighted by Crippen LogP contribution is 2.17. The number of nitrogens with one attached hydrogen (secondary N) is 3. The molecule has 20 heavy (non-hydrogen) atoms. The molecule has 7 heteroatoms. The van der Waals surface area contributed by atoms with Crippen molar-refractivity contribution in [1.29, 1.82) is 0 Å². The van der Waals surface area contributed by atoms with Crippen LogP contribution in [0.2, 0.25) is 0 Å². The van der Waals surface area contributed by atoms with Gasteiger partial charge in [0.15, 0.2) is 0 Å². The molecule has 1 aliphatic carbocycles. The van der Waals surface area contributed by atoms with Crippen molar-refractivity contribution in [3.63, 3.8) is 0 Å². The van der Waals surface area contributed by atoms with Crippen LogP contribution in [-0.4, -0.2) is 45.6 Å². The van der Waals surface area contributed by atoms with Gasteiger partial charge in [-0.3, -0.25) is 9.59 Å². The molecule has 0 aliphatic heterocycles. The number of aromatic amines is 1. The van der Waals surface area contributed by atoms with Gasteiger partial charge in [-0.1, -0.05) is 19.3 Å². The molecular formula is C13H20N4O3. The molecule has 1 atom stereocenters. The third kappa shape index (κ3) is 3.80. The van der Waals surface area contributed by atoms with E-state index < -0.39 is 18.6 Å². The van der Waals surface area contributed by atoms with Crippen molar-refractivity contribution in [1.82, 2.24) is 20.6 Å². The minimum atomic E-state index is -0.937. The molecule has 1 aromatic rings. The van der Waals surface area contributed by atoms with Crippen LogP contribution in [0.4, 0.5) is 0 Å². The molecule has 110 valence electrons. The van der Waals surface area contributed by atoms with Crippen LogP contribution < -0.4 is 10.6 Å². The Hall–Kier alpha value is -1.89. The Morgan fingerprint density at radius 2 is 2.15 bits per heavy atom. The van der Waals surface area contributed by atoms with Crippen molar-refractivity contribution < 1.29 is 14.7 Å². The number of carbonyl (C=O) groups excluding carboxylic acids is 2. The number of aliphatic hydroxyl groups is 1. The van der Waals surface area contributed by atoms with Crippen molar-refractivity contribution in [3.05, 3.63) is 18.2 Å². The summed E-state index contributed by atoms with van der Waals surface area (Å²) in [5, 5.41) is 14.6. The first-order chi connectivity index (χ1) is 9.70. The molecule has 2 amide bonds. The van der Waals surface area contributed by atoms with Gasteiger partial charge in [0.2, 0.25) is 5.91 Å². The minimum Gasteiger partial charge on any atom is -0.394 e. The minimum absolute atomic E-state index is 0.148. The van der Waals surface area contributed by atoms with Crippen molar-refractivity contribution in [3.8, 4) is 0 Å². The lowest BCUT2D eigenvalue weighted by Crippen LogP contribution is -2.51. The first-order valence-electron chi connectivity index (χ1n) is 6.91. The normalized spacial score (nSPS) is 17.4. The number of imidazole rings is 1. The Bertz CT molecular complexity index is 440. The van der Waals surface area contributed by atoms with Gasteiger partial charge in [0, 0.05) is 6.04 Å². The number of nitrogens with zero attached hydrogens (tertiary/aromatic N) is 1. The van der Waals surface area contributed by atoms with Gasteiger partial charge in [0.25, 0.3) is 5.91 Å². The summed E-state index contributed by atoms with van der Waals surface area (Å²) < 4.78 is 0. The number of rotatable bonds is 5. The first kappa shape index (κ1) is 14.5. The summed E-state index contributed by atoms with van der Waals surface area (Å²) in [6.07, 6.45) is 8.07. The second-order valence-electron chi connectivity index (χ2n) is 5.02. The predicted molar refractivity (Wildman–Crippen MR) is 71.9 cm³/mol. The molecule has 1 saturated carbocycles. The van der Waals surface area contributed by atoms with E-state index >= 15 is 0 Å². The van der Waals surface area contributed by atoms with Gasteiger partial charge in [0.05, 0.1) is 19.1 Å². The van der Waals surface area contributed by atoms with Crippen LogP contribution in [0.1, 0.15) is 42.6 Å². The van der Waals surface area contributed by atoms with E-state index in [1.807, 2.05) is 0 Å². The van der Waals surface area contributed by atoms with Crippen LogP contribution in [0.3, 0.4) is 0 Å². The number of aromatic nitrogens is 2. The highest BCUT2D eigenvalue weighted by Gasteiger charge is 2.24. The van der Waals surface area contributed by atoms with Crippen molar-refractivity contribution in [2.24, 2.45) is 0 Å². The predicted octanol–water partition coefficient (Wildman–Crippen LogP) is -0.0507. The number of amides is 2. The third-order valence-electron chi connectivity index (χ3n) is 3.50. The van der Waals surface area contributed by atoms with E-state index in [2.05, 4.69) is 20.6 Å². The van der Waals surface area contributed by atoms with Gasteiger partial charge in [-0.2, -0.15) is 0 Å². The summed E-state index contributed by atoms with van der Waals surface area (Å²) in [5.74, 6) is -0.799. The van der Waals surface area contributed by atoms with E-state index in [-0.39, 0.29) is 17.6 Å². The van der Waals surface area contributed by atoms with Gasteiger partial charge >= 0.3 is 0 Å². The van der Waals surface area contributed by atoms with Crippen molar-refractivity contribution >= 4 is 11.8 Å². The standard InChI is InChI=1S/C13H20N4O3/c18-7-11(17-12(19)10-6-14-8-15-10)13(20)16-9-4-2-1-3-5-9/h6,8-9,11,18H,1-5,7H2,(H,14,15)(H,16,20)(H,17,19). The third-order valence-corrected chi connectivity index (χ3v) is 3.50. The first-order valence-corrected chi connectivity index (χ1v) is 6.91. The van der Waals surface area contributed by atoms with E-state index in [1.165, 1.54) is 18.9 Å². The van der Waals surface area contributed by atoms with Crippen molar-refractivity contribution in [2.75, 3.05) is 6.61 Å². The van der Waals surface area contributed by atoms with E-state index in [1.54, 1.807) is 0 Å². The molecule has 4 N–H and O–H groups in total. The van der Waals surface area contributed by atoms with Crippen LogP contribution in [-0.2, 0) is 4.79 Å². The molecule has 0 saturated heterocycles. The fourth-order valence-electron chi connectivity index (χ4n) is 2.36. The number of H-pyrrole nitrogens is 1. The van der Waals surface area contributed by atoms with Gasteiger partial charge in [-0.05, 0) is 12.8 Å². The number of hydrogen-bond acceptors (Lipinski definition) is 4.